The zero-order valence-corrected chi connectivity index (χ0v) is 12.7. The van der Waals surface area contributed by atoms with Gasteiger partial charge >= 0.3 is 0 Å². The lowest BCUT2D eigenvalue weighted by Gasteiger charge is -2.14. The van der Waals surface area contributed by atoms with Crippen molar-refractivity contribution in [3.8, 4) is 0 Å². The van der Waals surface area contributed by atoms with E-state index in [1.54, 1.807) is 6.33 Å². The van der Waals surface area contributed by atoms with Crippen LogP contribution in [0.1, 0.15) is 13.8 Å². The molecule has 2 heterocycles. The number of nitrogens with zero attached hydrogens (tertiary/aromatic N) is 4. The average Bonchev–Trinajstić information content (AvgIpc) is 2.88. The molecule has 2 aromatic rings. The predicted molar refractivity (Wildman–Crippen MR) is 79.2 cm³/mol. The molecule has 0 fully saturated rings. The highest BCUT2D eigenvalue weighted by molar-refractivity contribution is 7.63. The van der Waals surface area contributed by atoms with Gasteiger partial charge in [0.05, 0.1) is 19.3 Å². The van der Waals surface area contributed by atoms with Crippen LogP contribution in [0.2, 0.25) is 0 Å². The maximum atomic E-state index is 12.2. The summed E-state index contributed by atoms with van der Waals surface area (Å²) >= 11 is 0. The third kappa shape index (κ3) is 3.16. The number of ether oxygens (including phenoxy) is 1. The first-order valence-corrected chi connectivity index (χ1v) is 8.92. The Bertz CT molecular complexity index is 619. The minimum atomic E-state index is -2.14. The molecule has 8 heteroatoms. The van der Waals surface area contributed by atoms with Gasteiger partial charge in [-0.2, -0.15) is 0 Å². The van der Waals surface area contributed by atoms with Crippen LogP contribution in [0.3, 0.4) is 0 Å². The second kappa shape index (κ2) is 6.33. The van der Waals surface area contributed by atoms with Gasteiger partial charge in [0.25, 0.3) is 0 Å². The number of imidazole rings is 1. The molecule has 0 bridgehead atoms. The minimum absolute atomic E-state index is 0.337. The van der Waals surface area contributed by atoms with E-state index in [0.717, 1.165) is 0 Å². The van der Waals surface area contributed by atoms with Crippen LogP contribution in [0.4, 0.5) is 5.82 Å². The van der Waals surface area contributed by atoms with E-state index in [-0.39, 0.29) is 0 Å². The normalized spacial score (nSPS) is 12.1. The first-order valence-electron chi connectivity index (χ1n) is 6.65. The van der Waals surface area contributed by atoms with Crippen molar-refractivity contribution in [2.24, 2.45) is 0 Å². The largest absolute Gasteiger partial charge is 0.382 e. The highest BCUT2D eigenvalue weighted by Gasteiger charge is 2.16. The van der Waals surface area contributed by atoms with E-state index < -0.39 is 7.14 Å². The molecule has 0 aliphatic heterocycles. The van der Waals surface area contributed by atoms with E-state index in [2.05, 4.69) is 15.0 Å². The topological polar surface area (TPSA) is 95.9 Å². The zero-order chi connectivity index (χ0) is 14.6. The Morgan fingerprint density at radius 3 is 2.75 bits per heavy atom. The van der Waals surface area contributed by atoms with Gasteiger partial charge in [0.2, 0.25) is 0 Å². The van der Waals surface area contributed by atoms with Crippen molar-refractivity contribution in [1.29, 1.82) is 0 Å². The van der Waals surface area contributed by atoms with Gasteiger partial charge in [0, 0.05) is 18.9 Å². The molecule has 0 unspecified atom stereocenters. The van der Waals surface area contributed by atoms with Gasteiger partial charge in [-0.15, -0.1) is 0 Å². The maximum absolute atomic E-state index is 12.2. The summed E-state index contributed by atoms with van der Waals surface area (Å²) in [6.45, 7) is 4.95. The Morgan fingerprint density at radius 1 is 1.30 bits per heavy atom. The molecule has 0 aliphatic rings. The summed E-state index contributed by atoms with van der Waals surface area (Å²) in [5, 5.41) is 0. The molecule has 110 valence electrons. The Morgan fingerprint density at radius 2 is 2.05 bits per heavy atom. The van der Waals surface area contributed by atoms with Crippen LogP contribution in [0.25, 0.3) is 11.2 Å². The van der Waals surface area contributed by atoms with Crippen molar-refractivity contribution >= 4 is 24.1 Å². The van der Waals surface area contributed by atoms with Crippen molar-refractivity contribution in [2.75, 3.05) is 31.0 Å². The van der Waals surface area contributed by atoms with Crippen molar-refractivity contribution in [3.63, 3.8) is 0 Å². The van der Waals surface area contributed by atoms with E-state index in [1.807, 2.05) is 18.4 Å². The van der Waals surface area contributed by atoms with Gasteiger partial charge < -0.3 is 19.6 Å². The smallest absolute Gasteiger partial charge is 0.165 e. The third-order valence-electron chi connectivity index (χ3n) is 3.39. The lowest BCUT2D eigenvalue weighted by molar-refractivity contribution is 0.166. The SMILES string of the molecule is CCP(=O)(CC)COCCn1cnc2c(N)ncnc21. The molecule has 0 aromatic carbocycles. The monoisotopic (exact) mass is 297 g/mol. The molecule has 7 nitrogen and oxygen atoms in total. The first kappa shape index (κ1) is 14.9. The molecule has 2 rings (SSSR count). The van der Waals surface area contributed by atoms with Gasteiger partial charge in [0.15, 0.2) is 11.5 Å². The van der Waals surface area contributed by atoms with Crippen LogP contribution in [0.15, 0.2) is 12.7 Å². The summed E-state index contributed by atoms with van der Waals surface area (Å²) < 4.78 is 19.6. The van der Waals surface area contributed by atoms with Gasteiger partial charge in [0.1, 0.15) is 19.0 Å². The Hall–Kier alpha value is -1.46. The van der Waals surface area contributed by atoms with Gasteiger partial charge in [-0.05, 0) is 0 Å². The summed E-state index contributed by atoms with van der Waals surface area (Å²) in [5.41, 5.74) is 7.01. The van der Waals surface area contributed by atoms with Crippen molar-refractivity contribution in [1.82, 2.24) is 19.5 Å². The Balaban J connectivity index is 1.94. The summed E-state index contributed by atoms with van der Waals surface area (Å²) in [7, 11) is -2.14. The number of aromatic nitrogens is 4. The number of nitrogens with two attached hydrogens (primary N) is 1. The van der Waals surface area contributed by atoms with Crippen molar-refractivity contribution in [2.45, 2.75) is 20.4 Å². The molecule has 0 spiro atoms. The van der Waals surface area contributed by atoms with Crippen LogP contribution in [-0.4, -0.2) is 44.8 Å². The minimum Gasteiger partial charge on any atom is -0.382 e. The molecule has 0 saturated carbocycles. The molecule has 0 amide bonds. The highest BCUT2D eigenvalue weighted by atomic mass is 31.2. The van der Waals surface area contributed by atoms with Gasteiger partial charge in [-0.1, -0.05) is 13.8 Å². The third-order valence-corrected chi connectivity index (χ3v) is 6.34. The predicted octanol–water partition coefficient (Wildman–Crippen LogP) is 1.79. The second-order valence-electron chi connectivity index (χ2n) is 4.60. The lowest BCUT2D eigenvalue weighted by Crippen LogP contribution is -2.08. The molecule has 2 N–H and O–H groups in total. The van der Waals surface area contributed by atoms with Crippen LogP contribution < -0.4 is 5.73 Å². The fraction of sp³-hybridized carbons (Fsp3) is 0.583. The fourth-order valence-electron chi connectivity index (χ4n) is 1.86. The number of rotatable bonds is 7. The number of nitrogen functional groups attached to an aromatic ring is 1. The molecule has 0 atom stereocenters. The summed E-state index contributed by atoms with van der Waals surface area (Å²) in [5.74, 6) is 0.371. The van der Waals surface area contributed by atoms with Gasteiger partial charge in [-0.3, -0.25) is 0 Å². The van der Waals surface area contributed by atoms with Crippen LogP contribution in [-0.2, 0) is 15.8 Å². The molecule has 20 heavy (non-hydrogen) atoms. The first-order chi connectivity index (χ1) is 9.59. The average molecular weight is 297 g/mol. The van der Waals surface area contributed by atoms with E-state index in [0.29, 0.717) is 48.8 Å². The lowest BCUT2D eigenvalue weighted by atomic mass is 10.5. The van der Waals surface area contributed by atoms with Gasteiger partial charge in [-0.25, -0.2) is 15.0 Å². The summed E-state index contributed by atoms with van der Waals surface area (Å²) in [4.78, 5) is 12.2. The molecule has 0 saturated heterocycles. The second-order valence-corrected chi connectivity index (χ2v) is 8.24. The molecule has 2 aromatic heterocycles. The Kier molecular flexibility index (Phi) is 4.73. The van der Waals surface area contributed by atoms with Crippen LogP contribution in [0.5, 0.6) is 0 Å². The van der Waals surface area contributed by atoms with E-state index in [9.17, 15) is 4.57 Å². The standard InChI is InChI=1S/C12H20N5O2P/c1-3-20(18,4-2)9-19-6-5-17-8-16-10-11(13)14-7-15-12(10)17/h7-8H,3-6,9H2,1-2H3,(H2,13,14,15). The highest BCUT2D eigenvalue weighted by Crippen LogP contribution is 2.44. The van der Waals surface area contributed by atoms with E-state index in [1.165, 1.54) is 6.33 Å². The van der Waals surface area contributed by atoms with E-state index >= 15 is 0 Å². The zero-order valence-electron chi connectivity index (χ0n) is 11.8. The molecular formula is C12H20N5O2P. The number of hydrogen-bond donors (Lipinski definition) is 1. The maximum Gasteiger partial charge on any atom is 0.165 e. The fourth-order valence-corrected chi connectivity index (χ4v) is 3.14. The summed E-state index contributed by atoms with van der Waals surface area (Å²) in [6, 6.07) is 0. The van der Waals surface area contributed by atoms with E-state index in [4.69, 9.17) is 10.5 Å². The molecule has 0 radical (unpaired) electrons. The van der Waals surface area contributed by atoms with Crippen LogP contribution in [0, 0.1) is 0 Å². The number of anilines is 1. The quantitative estimate of drug-likeness (QED) is 0.618. The summed E-state index contributed by atoms with van der Waals surface area (Å²) in [6.07, 6.45) is 4.78. The Labute approximate surface area is 117 Å². The molecular weight excluding hydrogens is 277 g/mol. The van der Waals surface area contributed by atoms with Crippen LogP contribution >= 0.6 is 7.14 Å². The van der Waals surface area contributed by atoms with Crippen molar-refractivity contribution < 1.29 is 9.30 Å². The number of fused-ring (bicyclic) bond motifs is 1. The van der Waals surface area contributed by atoms with Crippen molar-refractivity contribution in [3.05, 3.63) is 12.7 Å². The molecule has 0 aliphatic carbocycles. The number of hydrogen-bond acceptors (Lipinski definition) is 6.